The molecule has 1 heterocycles. The van der Waals surface area contributed by atoms with Gasteiger partial charge in [0.05, 0.1) is 5.60 Å². The van der Waals surface area contributed by atoms with E-state index < -0.39 is 0 Å². The molecule has 0 saturated heterocycles. The molecule has 1 fully saturated rings. The number of nitrogens with one attached hydrogen (secondary N) is 1. The highest BCUT2D eigenvalue weighted by Gasteiger charge is 2.36. The van der Waals surface area contributed by atoms with Crippen LogP contribution in [0, 0.1) is 5.82 Å². The maximum absolute atomic E-state index is 13.2. The highest BCUT2D eigenvalue weighted by Crippen LogP contribution is 2.35. The summed E-state index contributed by atoms with van der Waals surface area (Å²) in [6.07, 6.45) is 4.82. The first kappa shape index (κ1) is 10.4. The Morgan fingerprint density at radius 2 is 2.40 bits per heavy atom. The topological polar surface area (TPSA) is 34.1 Å². The lowest BCUT2D eigenvalue weighted by molar-refractivity contribution is -0.0602. The van der Waals surface area contributed by atoms with Crippen molar-refractivity contribution in [3.05, 3.63) is 24.1 Å². The van der Waals surface area contributed by atoms with E-state index in [4.69, 9.17) is 4.74 Å². The molecule has 2 rings (SSSR count). The molecule has 15 heavy (non-hydrogen) atoms. The molecule has 0 spiro atoms. The summed E-state index contributed by atoms with van der Waals surface area (Å²) >= 11 is 0. The van der Waals surface area contributed by atoms with Crippen molar-refractivity contribution in [3.8, 4) is 0 Å². The minimum atomic E-state index is -0.317. The number of nitrogens with zero attached hydrogens (tertiary/aromatic N) is 1. The molecule has 0 amide bonds. The fourth-order valence-electron chi connectivity index (χ4n) is 1.78. The van der Waals surface area contributed by atoms with Crippen LogP contribution in [0.15, 0.2) is 18.3 Å². The fraction of sp³-hybridized carbons (Fsp3) is 0.545. The van der Waals surface area contributed by atoms with E-state index in [9.17, 15) is 4.39 Å². The van der Waals surface area contributed by atoms with E-state index in [-0.39, 0.29) is 11.4 Å². The van der Waals surface area contributed by atoms with Crippen molar-refractivity contribution < 1.29 is 9.13 Å². The lowest BCUT2D eigenvalue weighted by atomic mass is 9.80. The van der Waals surface area contributed by atoms with Crippen LogP contribution < -0.4 is 5.32 Å². The first-order valence-corrected chi connectivity index (χ1v) is 5.15. The molecule has 0 aliphatic heterocycles. The number of hydrogen-bond donors (Lipinski definition) is 1. The second-order valence-electron chi connectivity index (χ2n) is 3.93. The largest absolute Gasteiger partial charge is 0.376 e. The second-order valence-corrected chi connectivity index (χ2v) is 3.93. The summed E-state index contributed by atoms with van der Waals surface area (Å²) in [5.41, 5.74) is -0.107. The first-order valence-electron chi connectivity index (χ1n) is 5.15. The Labute approximate surface area is 88.7 Å². The highest BCUT2D eigenvalue weighted by atomic mass is 19.1. The SMILES string of the molecule is COC1(CNc2ncccc2F)CCC1. The molecule has 1 aliphatic rings. The minimum Gasteiger partial charge on any atom is -0.376 e. The van der Waals surface area contributed by atoms with Crippen LogP contribution >= 0.6 is 0 Å². The lowest BCUT2D eigenvalue weighted by Crippen LogP contribution is -2.45. The van der Waals surface area contributed by atoms with Crippen LogP contribution in [-0.4, -0.2) is 24.2 Å². The maximum atomic E-state index is 13.2. The average Bonchev–Trinajstić information content (AvgIpc) is 2.19. The van der Waals surface area contributed by atoms with Crippen molar-refractivity contribution in [2.45, 2.75) is 24.9 Å². The van der Waals surface area contributed by atoms with Gasteiger partial charge < -0.3 is 10.1 Å². The summed E-state index contributed by atoms with van der Waals surface area (Å²) in [6.45, 7) is 0.622. The number of halogens is 1. The third-order valence-corrected chi connectivity index (χ3v) is 3.03. The normalized spacial score (nSPS) is 18.3. The predicted molar refractivity (Wildman–Crippen MR) is 56.3 cm³/mol. The van der Waals surface area contributed by atoms with Gasteiger partial charge in [0.15, 0.2) is 11.6 Å². The quantitative estimate of drug-likeness (QED) is 0.827. The van der Waals surface area contributed by atoms with Gasteiger partial charge >= 0.3 is 0 Å². The molecule has 1 aromatic rings. The molecule has 0 radical (unpaired) electrons. The number of hydrogen-bond acceptors (Lipinski definition) is 3. The summed E-state index contributed by atoms with van der Waals surface area (Å²) < 4.78 is 18.6. The van der Waals surface area contributed by atoms with Crippen LogP contribution in [0.5, 0.6) is 0 Å². The molecular formula is C11H15FN2O. The van der Waals surface area contributed by atoms with E-state index in [1.54, 1.807) is 19.4 Å². The van der Waals surface area contributed by atoms with Gasteiger partial charge in [-0.1, -0.05) is 0 Å². The van der Waals surface area contributed by atoms with E-state index in [0.717, 1.165) is 12.8 Å². The van der Waals surface area contributed by atoms with Crippen molar-refractivity contribution in [2.24, 2.45) is 0 Å². The zero-order valence-corrected chi connectivity index (χ0v) is 8.79. The Bertz CT molecular complexity index is 334. The van der Waals surface area contributed by atoms with Crippen molar-refractivity contribution in [3.63, 3.8) is 0 Å². The third-order valence-electron chi connectivity index (χ3n) is 3.03. The zero-order chi connectivity index (χ0) is 10.7. The molecule has 1 aromatic heterocycles. The lowest BCUT2D eigenvalue weighted by Gasteiger charge is -2.40. The molecule has 3 nitrogen and oxygen atoms in total. The Morgan fingerprint density at radius 1 is 1.60 bits per heavy atom. The van der Waals surface area contributed by atoms with Gasteiger partial charge in [-0.3, -0.25) is 0 Å². The van der Waals surface area contributed by atoms with Crippen molar-refractivity contribution in [1.29, 1.82) is 0 Å². The smallest absolute Gasteiger partial charge is 0.165 e. The Kier molecular flexibility index (Phi) is 2.86. The van der Waals surface area contributed by atoms with E-state index in [1.807, 2.05) is 0 Å². The van der Waals surface area contributed by atoms with Gasteiger partial charge in [-0.2, -0.15) is 0 Å². The van der Waals surface area contributed by atoms with Gasteiger partial charge in [-0.25, -0.2) is 9.37 Å². The monoisotopic (exact) mass is 210 g/mol. The fourth-order valence-corrected chi connectivity index (χ4v) is 1.78. The van der Waals surface area contributed by atoms with Crippen LogP contribution in [0.3, 0.4) is 0 Å². The summed E-state index contributed by atoms with van der Waals surface area (Å²) in [4.78, 5) is 3.93. The molecule has 1 N–H and O–H groups in total. The average molecular weight is 210 g/mol. The van der Waals surface area contributed by atoms with Crippen LogP contribution in [0.1, 0.15) is 19.3 Å². The molecule has 82 valence electrons. The van der Waals surface area contributed by atoms with E-state index in [2.05, 4.69) is 10.3 Å². The Balaban J connectivity index is 1.95. The van der Waals surface area contributed by atoms with Gasteiger partial charge in [0.1, 0.15) is 0 Å². The summed E-state index contributed by atoms with van der Waals surface area (Å²) in [5.74, 6) is -0.0103. The summed E-state index contributed by atoms with van der Waals surface area (Å²) in [5, 5.41) is 3.00. The molecule has 4 heteroatoms. The van der Waals surface area contributed by atoms with Crippen molar-refractivity contribution in [1.82, 2.24) is 4.98 Å². The number of aromatic nitrogens is 1. The number of rotatable bonds is 4. The molecular weight excluding hydrogens is 195 g/mol. The van der Waals surface area contributed by atoms with Crippen LogP contribution in [-0.2, 0) is 4.74 Å². The first-order chi connectivity index (χ1) is 7.26. The second kappa shape index (κ2) is 4.14. The Morgan fingerprint density at radius 3 is 2.93 bits per heavy atom. The molecule has 1 saturated carbocycles. The number of methoxy groups -OCH3 is 1. The molecule has 0 atom stereocenters. The highest BCUT2D eigenvalue weighted by molar-refractivity contribution is 5.36. The van der Waals surface area contributed by atoms with Crippen LogP contribution in [0.2, 0.25) is 0 Å². The maximum Gasteiger partial charge on any atom is 0.165 e. The summed E-state index contributed by atoms with van der Waals surface area (Å²) in [6, 6.07) is 2.98. The standard InChI is InChI=1S/C11H15FN2O/c1-15-11(5-3-6-11)8-14-10-9(12)4-2-7-13-10/h2,4,7H,3,5-6,8H2,1H3,(H,13,14). The van der Waals surface area contributed by atoms with Gasteiger partial charge in [0.25, 0.3) is 0 Å². The molecule has 0 unspecified atom stereocenters. The van der Waals surface area contributed by atoms with Crippen molar-refractivity contribution >= 4 is 5.82 Å². The number of ether oxygens (including phenoxy) is 1. The van der Waals surface area contributed by atoms with E-state index in [1.165, 1.54) is 12.5 Å². The predicted octanol–water partition coefficient (Wildman–Crippen LogP) is 2.20. The molecule has 0 bridgehead atoms. The molecule has 0 aromatic carbocycles. The van der Waals surface area contributed by atoms with Crippen LogP contribution in [0.25, 0.3) is 0 Å². The number of pyridine rings is 1. The van der Waals surface area contributed by atoms with E-state index in [0.29, 0.717) is 12.4 Å². The number of anilines is 1. The zero-order valence-electron chi connectivity index (χ0n) is 8.79. The van der Waals surface area contributed by atoms with Gasteiger partial charge in [0, 0.05) is 19.9 Å². The Hall–Kier alpha value is -1.16. The minimum absolute atomic E-state index is 0.107. The van der Waals surface area contributed by atoms with E-state index >= 15 is 0 Å². The third kappa shape index (κ3) is 2.09. The molecule has 1 aliphatic carbocycles. The van der Waals surface area contributed by atoms with Crippen LogP contribution in [0.4, 0.5) is 10.2 Å². The van der Waals surface area contributed by atoms with Gasteiger partial charge in [-0.15, -0.1) is 0 Å². The van der Waals surface area contributed by atoms with Crippen molar-refractivity contribution in [2.75, 3.05) is 19.0 Å². The van der Waals surface area contributed by atoms with Gasteiger partial charge in [0.2, 0.25) is 0 Å². The van der Waals surface area contributed by atoms with Gasteiger partial charge in [-0.05, 0) is 31.4 Å². The summed E-state index contributed by atoms with van der Waals surface area (Å²) in [7, 11) is 1.70.